The lowest BCUT2D eigenvalue weighted by molar-refractivity contribution is -0.137. The predicted octanol–water partition coefficient (Wildman–Crippen LogP) is 1.20. The molecule has 0 aliphatic carbocycles. The number of hydrogen-bond donors (Lipinski definition) is 2. The van der Waals surface area contributed by atoms with Crippen molar-refractivity contribution in [1.82, 2.24) is 5.32 Å². The number of amides is 1. The minimum Gasteiger partial charge on any atom is -0.481 e. The first-order chi connectivity index (χ1) is 9.08. The first-order valence-corrected chi connectivity index (χ1v) is 6.38. The van der Waals surface area contributed by atoms with E-state index in [9.17, 15) is 9.59 Å². The molecule has 0 saturated heterocycles. The van der Waals surface area contributed by atoms with Crippen LogP contribution >= 0.6 is 0 Å². The van der Waals surface area contributed by atoms with Gasteiger partial charge in [-0.15, -0.1) is 0 Å². The number of carbonyl (C=O) groups excluding carboxylic acids is 1. The largest absolute Gasteiger partial charge is 0.481 e. The number of anilines is 1. The number of rotatable bonds is 5. The SMILES string of the molecule is CC(=O)NCCN1CC(CC(=O)O)c2ccccc21. The molecule has 102 valence electrons. The van der Waals surface area contributed by atoms with E-state index in [4.69, 9.17) is 5.11 Å². The Morgan fingerprint density at radius 2 is 2.16 bits per heavy atom. The number of carbonyl (C=O) groups is 2. The molecule has 1 unspecified atom stereocenters. The molecule has 0 radical (unpaired) electrons. The van der Waals surface area contributed by atoms with Gasteiger partial charge in [-0.2, -0.15) is 0 Å². The second kappa shape index (κ2) is 5.73. The second-order valence-electron chi connectivity index (χ2n) is 4.78. The molecule has 0 spiro atoms. The van der Waals surface area contributed by atoms with Crippen molar-refractivity contribution in [2.24, 2.45) is 0 Å². The molecule has 1 amide bonds. The first-order valence-electron chi connectivity index (χ1n) is 6.38. The second-order valence-corrected chi connectivity index (χ2v) is 4.78. The minimum absolute atomic E-state index is 0.0334. The zero-order chi connectivity index (χ0) is 13.8. The number of aliphatic carboxylic acids is 1. The molecular formula is C14H18N2O3. The average molecular weight is 262 g/mol. The zero-order valence-electron chi connectivity index (χ0n) is 10.9. The number of carboxylic acid groups (broad SMARTS) is 1. The van der Waals surface area contributed by atoms with Crippen molar-refractivity contribution >= 4 is 17.6 Å². The summed E-state index contributed by atoms with van der Waals surface area (Å²) in [5.41, 5.74) is 2.17. The summed E-state index contributed by atoms with van der Waals surface area (Å²) in [6, 6.07) is 7.88. The predicted molar refractivity (Wildman–Crippen MR) is 72.3 cm³/mol. The van der Waals surface area contributed by atoms with Crippen LogP contribution in [0, 0.1) is 0 Å². The molecule has 1 aliphatic rings. The summed E-state index contributed by atoms with van der Waals surface area (Å²) in [6.45, 7) is 3.46. The summed E-state index contributed by atoms with van der Waals surface area (Å²) in [5, 5.41) is 11.7. The van der Waals surface area contributed by atoms with Crippen LogP contribution in [0.1, 0.15) is 24.8 Å². The van der Waals surface area contributed by atoms with Gasteiger partial charge < -0.3 is 15.3 Å². The third-order valence-corrected chi connectivity index (χ3v) is 3.33. The van der Waals surface area contributed by atoms with Gasteiger partial charge in [-0.1, -0.05) is 18.2 Å². The van der Waals surface area contributed by atoms with Crippen LogP contribution in [-0.2, 0) is 9.59 Å². The Morgan fingerprint density at radius 1 is 1.42 bits per heavy atom. The highest BCUT2D eigenvalue weighted by atomic mass is 16.4. The highest BCUT2D eigenvalue weighted by Crippen LogP contribution is 2.37. The molecule has 5 heteroatoms. The van der Waals surface area contributed by atoms with E-state index < -0.39 is 5.97 Å². The zero-order valence-corrected chi connectivity index (χ0v) is 10.9. The fourth-order valence-corrected chi connectivity index (χ4v) is 2.55. The topological polar surface area (TPSA) is 69.6 Å². The quantitative estimate of drug-likeness (QED) is 0.836. The molecule has 0 bridgehead atoms. The lowest BCUT2D eigenvalue weighted by Gasteiger charge is -2.19. The first kappa shape index (κ1) is 13.4. The molecule has 19 heavy (non-hydrogen) atoms. The molecule has 0 aromatic heterocycles. The number of carboxylic acids is 1. The van der Waals surface area contributed by atoms with Gasteiger partial charge in [0.05, 0.1) is 6.42 Å². The van der Waals surface area contributed by atoms with Crippen molar-refractivity contribution in [3.8, 4) is 0 Å². The van der Waals surface area contributed by atoms with E-state index in [0.29, 0.717) is 19.6 Å². The third-order valence-electron chi connectivity index (χ3n) is 3.33. The minimum atomic E-state index is -0.775. The lowest BCUT2D eigenvalue weighted by atomic mass is 9.98. The number of nitrogens with zero attached hydrogens (tertiary/aromatic N) is 1. The van der Waals surface area contributed by atoms with Crippen LogP contribution in [0.5, 0.6) is 0 Å². The van der Waals surface area contributed by atoms with Crippen LogP contribution in [0.15, 0.2) is 24.3 Å². The number of fused-ring (bicyclic) bond motifs is 1. The normalized spacial score (nSPS) is 17.1. The van der Waals surface area contributed by atoms with Gasteiger partial charge in [0.25, 0.3) is 0 Å². The Morgan fingerprint density at radius 3 is 2.84 bits per heavy atom. The van der Waals surface area contributed by atoms with Gasteiger partial charge >= 0.3 is 5.97 Å². The maximum absolute atomic E-state index is 10.9. The van der Waals surface area contributed by atoms with Gasteiger partial charge in [0.1, 0.15) is 0 Å². The van der Waals surface area contributed by atoms with Gasteiger partial charge in [-0.25, -0.2) is 0 Å². The molecule has 2 N–H and O–H groups in total. The molecule has 2 rings (SSSR count). The summed E-state index contributed by atoms with van der Waals surface area (Å²) in [4.78, 5) is 23.9. The highest BCUT2D eigenvalue weighted by molar-refractivity contribution is 5.73. The van der Waals surface area contributed by atoms with Crippen molar-refractivity contribution in [1.29, 1.82) is 0 Å². The molecule has 5 nitrogen and oxygen atoms in total. The van der Waals surface area contributed by atoms with Gasteiger partial charge in [0, 0.05) is 38.2 Å². The summed E-state index contributed by atoms with van der Waals surface area (Å²) in [7, 11) is 0. The number of hydrogen-bond acceptors (Lipinski definition) is 3. The van der Waals surface area contributed by atoms with E-state index in [1.807, 2.05) is 24.3 Å². The average Bonchev–Trinajstić information content (AvgIpc) is 2.67. The molecule has 1 atom stereocenters. The standard InChI is InChI=1S/C14H18N2O3/c1-10(17)15-6-7-16-9-11(8-14(18)19)12-4-2-3-5-13(12)16/h2-5,11H,6-9H2,1H3,(H,15,17)(H,18,19). The van der Waals surface area contributed by atoms with E-state index >= 15 is 0 Å². The third kappa shape index (κ3) is 3.24. The van der Waals surface area contributed by atoms with Gasteiger partial charge in [-0.3, -0.25) is 9.59 Å². The Labute approximate surface area is 112 Å². The molecule has 1 heterocycles. The highest BCUT2D eigenvalue weighted by Gasteiger charge is 2.29. The summed E-state index contributed by atoms with van der Waals surface area (Å²) in [5.74, 6) is -0.788. The van der Waals surface area contributed by atoms with Crippen molar-refractivity contribution < 1.29 is 14.7 Å². The molecule has 0 saturated carbocycles. The number of para-hydroxylation sites is 1. The summed E-state index contributed by atoms with van der Waals surface area (Å²) >= 11 is 0. The maximum Gasteiger partial charge on any atom is 0.304 e. The summed E-state index contributed by atoms with van der Waals surface area (Å²) in [6.07, 6.45) is 0.146. The summed E-state index contributed by atoms with van der Waals surface area (Å²) < 4.78 is 0. The van der Waals surface area contributed by atoms with Crippen LogP contribution < -0.4 is 10.2 Å². The van der Waals surface area contributed by atoms with E-state index in [1.54, 1.807) is 0 Å². The molecular weight excluding hydrogens is 244 g/mol. The fraction of sp³-hybridized carbons (Fsp3) is 0.429. The molecule has 1 aliphatic heterocycles. The van der Waals surface area contributed by atoms with Crippen LogP contribution in [0.25, 0.3) is 0 Å². The number of nitrogens with one attached hydrogen (secondary N) is 1. The van der Waals surface area contributed by atoms with E-state index in [0.717, 1.165) is 11.3 Å². The van der Waals surface area contributed by atoms with Crippen molar-refractivity contribution in [2.45, 2.75) is 19.3 Å². The van der Waals surface area contributed by atoms with E-state index in [1.165, 1.54) is 6.92 Å². The van der Waals surface area contributed by atoms with Gasteiger partial charge in [0.2, 0.25) is 5.91 Å². The smallest absolute Gasteiger partial charge is 0.304 e. The lowest BCUT2D eigenvalue weighted by Crippen LogP contribution is -2.33. The van der Waals surface area contributed by atoms with Crippen LogP contribution in [0.4, 0.5) is 5.69 Å². The Kier molecular flexibility index (Phi) is 4.04. The fourth-order valence-electron chi connectivity index (χ4n) is 2.55. The van der Waals surface area contributed by atoms with Gasteiger partial charge in [0.15, 0.2) is 0 Å². The Hall–Kier alpha value is -2.04. The van der Waals surface area contributed by atoms with E-state index in [-0.39, 0.29) is 18.2 Å². The Bertz CT molecular complexity index is 487. The Balaban J connectivity index is 2.06. The monoisotopic (exact) mass is 262 g/mol. The van der Waals surface area contributed by atoms with Crippen molar-refractivity contribution in [3.63, 3.8) is 0 Å². The molecule has 1 aromatic carbocycles. The number of benzene rings is 1. The molecule has 0 fully saturated rings. The van der Waals surface area contributed by atoms with Crippen molar-refractivity contribution in [2.75, 3.05) is 24.5 Å². The van der Waals surface area contributed by atoms with Crippen LogP contribution in [-0.4, -0.2) is 36.6 Å². The maximum atomic E-state index is 10.9. The van der Waals surface area contributed by atoms with Crippen molar-refractivity contribution in [3.05, 3.63) is 29.8 Å². The van der Waals surface area contributed by atoms with Crippen LogP contribution in [0.2, 0.25) is 0 Å². The van der Waals surface area contributed by atoms with E-state index in [2.05, 4.69) is 10.2 Å². The van der Waals surface area contributed by atoms with Crippen LogP contribution in [0.3, 0.4) is 0 Å². The molecule has 1 aromatic rings. The van der Waals surface area contributed by atoms with Gasteiger partial charge in [-0.05, 0) is 11.6 Å².